The lowest BCUT2D eigenvalue weighted by Gasteiger charge is -2.38. The highest BCUT2D eigenvalue weighted by atomic mass is 79.9. The molecule has 0 spiro atoms. The molecule has 0 bridgehead atoms. The number of hydrogen-bond acceptors (Lipinski definition) is 4. The molecule has 0 aromatic heterocycles. The third-order valence-corrected chi connectivity index (χ3v) is 4.99. The number of nitrogens with one attached hydrogen (secondary N) is 1. The summed E-state index contributed by atoms with van der Waals surface area (Å²) in [7, 11) is 4.42. The van der Waals surface area contributed by atoms with Crippen LogP contribution >= 0.6 is 15.9 Å². The first kappa shape index (κ1) is 15.3. The maximum Gasteiger partial charge on any atom is 0.123 e. The van der Waals surface area contributed by atoms with Crippen molar-refractivity contribution in [3.8, 4) is 5.75 Å². The van der Waals surface area contributed by atoms with E-state index < -0.39 is 0 Å². The topological polar surface area (TPSA) is 27.7 Å². The second-order valence-electron chi connectivity index (χ2n) is 6.25. The van der Waals surface area contributed by atoms with E-state index in [0.717, 1.165) is 42.8 Å². The van der Waals surface area contributed by atoms with E-state index in [1.807, 2.05) is 6.07 Å². The largest absolute Gasteiger partial charge is 0.488 e. The molecular weight excluding hydrogens is 330 g/mol. The summed E-state index contributed by atoms with van der Waals surface area (Å²) < 4.78 is 7.12. The van der Waals surface area contributed by atoms with E-state index in [4.69, 9.17) is 4.74 Å². The molecular formula is C16H24BrN3O. The Morgan fingerprint density at radius 3 is 3.00 bits per heavy atom. The highest BCUT2D eigenvalue weighted by molar-refractivity contribution is 9.10. The van der Waals surface area contributed by atoms with Gasteiger partial charge in [0, 0.05) is 49.7 Å². The highest BCUT2D eigenvalue weighted by Crippen LogP contribution is 2.30. The van der Waals surface area contributed by atoms with Crippen molar-refractivity contribution in [1.29, 1.82) is 0 Å². The lowest BCUT2D eigenvalue weighted by atomic mass is 10.1. The summed E-state index contributed by atoms with van der Waals surface area (Å²) in [6, 6.07) is 6.87. The van der Waals surface area contributed by atoms with Gasteiger partial charge in [0.15, 0.2) is 0 Å². The molecule has 4 nitrogen and oxygen atoms in total. The number of likely N-dealkylation sites (N-methyl/N-ethyl adjacent to an activating group) is 2. The second kappa shape index (κ2) is 6.65. The van der Waals surface area contributed by atoms with Crippen LogP contribution in [0.2, 0.25) is 0 Å². The molecule has 1 fully saturated rings. The van der Waals surface area contributed by atoms with Crippen LogP contribution in [-0.4, -0.2) is 68.8 Å². The summed E-state index contributed by atoms with van der Waals surface area (Å²) in [4.78, 5) is 4.86. The highest BCUT2D eigenvalue weighted by Gasteiger charge is 2.25. The molecule has 3 rings (SSSR count). The maximum absolute atomic E-state index is 5.99. The maximum atomic E-state index is 5.99. The van der Waals surface area contributed by atoms with Gasteiger partial charge in [-0.15, -0.1) is 0 Å². The molecule has 2 atom stereocenters. The summed E-state index contributed by atoms with van der Waals surface area (Å²) in [6.45, 7) is 5.41. The van der Waals surface area contributed by atoms with Crippen LogP contribution in [0.25, 0.3) is 0 Å². The first-order valence-electron chi connectivity index (χ1n) is 7.66. The molecule has 21 heavy (non-hydrogen) atoms. The minimum absolute atomic E-state index is 0.265. The van der Waals surface area contributed by atoms with Crippen molar-refractivity contribution in [2.24, 2.45) is 0 Å². The second-order valence-corrected chi connectivity index (χ2v) is 7.17. The van der Waals surface area contributed by atoms with Crippen LogP contribution in [-0.2, 0) is 6.42 Å². The smallest absolute Gasteiger partial charge is 0.123 e. The number of fused-ring (bicyclic) bond motifs is 1. The van der Waals surface area contributed by atoms with Gasteiger partial charge in [0.1, 0.15) is 11.9 Å². The van der Waals surface area contributed by atoms with Gasteiger partial charge in [-0.3, -0.25) is 4.90 Å². The van der Waals surface area contributed by atoms with Gasteiger partial charge in [-0.1, -0.05) is 15.9 Å². The van der Waals surface area contributed by atoms with E-state index in [1.165, 1.54) is 12.1 Å². The molecule has 0 radical (unpaired) electrons. The lowest BCUT2D eigenvalue weighted by Crippen LogP contribution is -2.54. The van der Waals surface area contributed by atoms with Crippen molar-refractivity contribution in [2.45, 2.75) is 18.6 Å². The van der Waals surface area contributed by atoms with Crippen molar-refractivity contribution in [3.05, 3.63) is 28.2 Å². The molecule has 1 N–H and O–H groups in total. The number of rotatable bonds is 4. The minimum atomic E-state index is 0.265. The Bertz CT molecular complexity index is 496. The van der Waals surface area contributed by atoms with Crippen molar-refractivity contribution in [1.82, 2.24) is 15.1 Å². The Balaban J connectivity index is 1.45. The zero-order valence-corrected chi connectivity index (χ0v) is 14.4. The molecule has 1 aromatic carbocycles. The van der Waals surface area contributed by atoms with Gasteiger partial charge < -0.3 is 15.0 Å². The van der Waals surface area contributed by atoms with Gasteiger partial charge in [-0.25, -0.2) is 0 Å². The average Bonchev–Trinajstić information content (AvgIpc) is 2.84. The Labute approximate surface area is 135 Å². The van der Waals surface area contributed by atoms with E-state index in [9.17, 15) is 0 Å². The Kier molecular flexibility index (Phi) is 4.84. The third-order valence-electron chi connectivity index (χ3n) is 4.50. The molecule has 2 heterocycles. The molecule has 2 aliphatic heterocycles. The molecule has 1 aromatic rings. The number of piperazine rings is 1. The summed E-state index contributed by atoms with van der Waals surface area (Å²) in [6.07, 6.45) is 1.27. The number of hydrogen-bond donors (Lipinski definition) is 1. The van der Waals surface area contributed by atoms with Gasteiger partial charge in [0.05, 0.1) is 0 Å². The summed E-state index contributed by atoms with van der Waals surface area (Å²) in [5.41, 5.74) is 1.31. The van der Waals surface area contributed by atoms with Gasteiger partial charge in [-0.05, 0) is 37.9 Å². The predicted molar refractivity (Wildman–Crippen MR) is 89.0 cm³/mol. The molecule has 2 unspecified atom stereocenters. The van der Waals surface area contributed by atoms with Crippen LogP contribution in [0.4, 0.5) is 0 Å². The van der Waals surface area contributed by atoms with E-state index >= 15 is 0 Å². The van der Waals surface area contributed by atoms with Crippen molar-refractivity contribution < 1.29 is 4.74 Å². The van der Waals surface area contributed by atoms with Crippen molar-refractivity contribution in [2.75, 3.05) is 46.8 Å². The number of benzene rings is 1. The van der Waals surface area contributed by atoms with Gasteiger partial charge in [0.2, 0.25) is 0 Å². The molecule has 5 heteroatoms. The fourth-order valence-corrected chi connectivity index (χ4v) is 3.54. The Morgan fingerprint density at radius 2 is 2.14 bits per heavy atom. The normalized spacial score (nSPS) is 26.6. The van der Waals surface area contributed by atoms with E-state index in [1.54, 1.807) is 0 Å². The van der Waals surface area contributed by atoms with Crippen LogP contribution in [0.15, 0.2) is 22.7 Å². The number of nitrogens with zero attached hydrogens (tertiary/aromatic N) is 2. The van der Waals surface area contributed by atoms with E-state index in [0.29, 0.717) is 6.04 Å². The molecule has 116 valence electrons. The molecule has 0 amide bonds. The monoisotopic (exact) mass is 353 g/mol. The minimum Gasteiger partial charge on any atom is -0.488 e. The number of ether oxygens (including phenoxy) is 1. The molecule has 1 saturated heterocycles. The molecule has 0 aliphatic carbocycles. The van der Waals surface area contributed by atoms with Crippen molar-refractivity contribution in [3.63, 3.8) is 0 Å². The number of halogens is 1. The van der Waals surface area contributed by atoms with E-state index in [2.05, 4.69) is 57.3 Å². The van der Waals surface area contributed by atoms with Gasteiger partial charge in [-0.2, -0.15) is 0 Å². The van der Waals surface area contributed by atoms with Gasteiger partial charge >= 0.3 is 0 Å². The summed E-state index contributed by atoms with van der Waals surface area (Å²) in [5.74, 6) is 1.04. The van der Waals surface area contributed by atoms with Crippen LogP contribution in [0.5, 0.6) is 5.75 Å². The first-order chi connectivity index (χ1) is 10.1. The summed E-state index contributed by atoms with van der Waals surface area (Å²) >= 11 is 3.52. The van der Waals surface area contributed by atoms with Crippen LogP contribution in [0.1, 0.15) is 5.56 Å². The van der Waals surface area contributed by atoms with Crippen LogP contribution in [0.3, 0.4) is 0 Å². The standard InChI is InChI=1S/C16H24BrN3O/c1-19-5-6-20(2)14(11-19)9-18-10-15-8-12-7-13(17)3-4-16(12)21-15/h3-4,7,14-15,18H,5-6,8-11H2,1-2H3. The predicted octanol–water partition coefficient (Wildman–Crippen LogP) is 1.59. The zero-order valence-electron chi connectivity index (χ0n) is 12.8. The average molecular weight is 354 g/mol. The van der Waals surface area contributed by atoms with Gasteiger partial charge in [0.25, 0.3) is 0 Å². The Morgan fingerprint density at radius 1 is 1.29 bits per heavy atom. The Hall–Kier alpha value is -0.620. The third kappa shape index (κ3) is 3.77. The molecule has 0 saturated carbocycles. The quantitative estimate of drug-likeness (QED) is 0.889. The summed E-state index contributed by atoms with van der Waals surface area (Å²) in [5, 5.41) is 3.59. The van der Waals surface area contributed by atoms with Crippen molar-refractivity contribution >= 4 is 15.9 Å². The van der Waals surface area contributed by atoms with Crippen LogP contribution < -0.4 is 10.1 Å². The SMILES string of the molecule is CN1CCN(C)C(CNCC2Cc3cc(Br)ccc3O2)C1. The lowest BCUT2D eigenvalue weighted by molar-refractivity contribution is 0.111. The zero-order chi connectivity index (χ0) is 14.8. The fraction of sp³-hybridized carbons (Fsp3) is 0.625. The van der Waals surface area contributed by atoms with Crippen LogP contribution in [0, 0.1) is 0 Å². The molecule has 2 aliphatic rings. The first-order valence-corrected chi connectivity index (χ1v) is 8.45. The fourth-order valence-electron chi connectivity index (χ4n) is 3.14. The van der Waals surface area contributed by atoms with E-state index in [-0.39, 0.29) is 6.10 Å².